The Bertz CT molecular complexity index is 2920. The maximum absolute atomic E-state index is 14.8. The first-order chi connectivity index (χ1) is 41.5. The molecule has 87 heavy (non-hydrogen) atoms. The smallest absolute Gasteiger partial charge is 0.245 e. The van der Waals surface area contributed by atoms with Crippen LogP contribution in [0.4, 0.5) is 0 Å². The van der Waals surface area contributed by atoms with Gasteiger partial charge in [0.1, 0.15) is 41.9 Å². The summed E-state index contributed by atoms with van der Waals surface area (Å²) in [4.78, 5) is 135. The Hall–Kier alpha value is -7.90. The Labute approximate surface area is 508 Å². The van der Waals surface area contributed by atoms with Crippen LogP contribution in [0.15, 0.2) is 71.6 Å². The molecule has 3 aromatic rings. The molecular formula is C62H91N13O12. The number of rotatable bonds is 36. The number of aliphatic hydroxyl groups excluding tert-OH is 2. The SMILES string of the molecule is CCCC(=O)C1CCCN1C(O)C(CCCN=C(N)N)CC(=O)[C@H](CC(C)C)NC(=O)[C@H](CC(=O)[C@H](Cc1ccc(O)cc1)NC(=O)[C@H](CO)NC(=O)[C@H](Cc1c[nH]c2ccccc12)NC(=O)[C@H](CC1=CNCN1)NC(=O)[C@@H]1CCC(=O)N1)CC(C)C. The number of H-pyrrole nitrogens is 1. The minimum atomic E-state index is -1.70. The minimum absolute atomic E-state index is 0.0282. The normalized spacial score (nSPS) is 18.6. The highest BCUT2D eigenvalue weighted by Gasteiger charge is 2.40. The molecule has 16 N–H and O–H groups in total. The molecule has 0 saturated carbocycles. The second-order valence-electron chi connectivity index (χ2n) is 24.0. The van der Waals surface area contributed by atoms with Crippen LogP contribution in [0.5, 0.6) is 5.75 Å². The standard InChI is InChI=1S/C62H91N13O12/c1-6-11-52(78)51-15-10-23-75(51)61(87)38(12-9-22-66-62(63)64)28-53(79)46(25-36(4)5)70-56(82)39(24-35(2)3)29-54(80)47(26-37-16-18-42(77)19-17-37)71-60(86)50(33-76)74-58(84)48(27-40-31-67-44-14-8-7-13-43(40)44)72-59(85)49(30-41-32-65-34-68-41)73-57(83)45-20-21-55(81)69-45/h7-8,13-14,16-19,31-32,35-36,38-39,45-51,61,65,67-68,76-77,87H,6,9-12,15,20-30,33-34H2,1-5H3,(H,69,81)(H,70,82)(H,71,86)(H,72,85)(H,73,83)(H,74,84)(H4,63,64,66)/t38?,39-,45-,46-,47-,48-,49-,50-,51?,61?/m0/s1. The maximum Gasteiger partial charge on any atom is 0.245 e. The molecule has 476 valence electrons. The quantitative estimate of drug-likeness (QED) is 0.0221. The summed E-state index contributed by atoms with van der Waals surface area (Å²) in [5.41, 5.74) is 13.6. The Kier molecular flexibility index (Phi) is 26.1. The van der Waals surface area contributed by atoms with Crippen molar-refractivity contribution in [2.24, 2.45) is 40.1 Å². The van der Waals surface area contributed by atoms with Gasteiger partial charge in [-0.3, -0.25) is 53.0 Å². The molecular weight excluding hydrogens is 1120 g/mol. The summed E-state index contributed by atoms with van der Waals surface area (Å²) in [5, 5.41) is 56.1. The first kappa shape index (κ1) is 68.2. The molecule has 10 atom stereocenters. The van der Waals surface area contributed by atoms with Crippen LogP contribution in [0.25, 0.3) is 10.9 Å². The molecule has 3 unspecified atom stereocenters. The van der Waals surface area contributed by atoms with Crippen molar-refractivity contribution in [3.05, 3.63) is 77.8 Å². The molecule has 4 heterocycles. The topological polar surface area (TPSA) is 394 Å². The number of aromatic nitrogens is 1. The number of amides is 6. The number of carbonyl (C=O) groups excluding carboxylic acids is 9. The number of carbonyl (C=O) groups is 9. The fourth-order valence-corrected chi connectivity index (χ4v) is 11.6. The summed E-state index contributed by atoms with van der Waals surface area (Å²) < 4.78 is 0. The number of ketones is 3. The number of hydrogen-bond acceptors (Lipinski definition) is 16. The van der Waals surface area contributed by atoms with E-state index in [0.29, 0.717) is 68.6 Å². The molecule has 0 radical (unpaired) electrons. The maximum atomic E-state index is 14.8. The van der Waals surface area contributed by atoms with Crippen LogP contribution in [0, 0.1) is 23.7 Å². The van der Waals surface area contributed by atoms with Crippen LogP contribution in [0.1, 0.15) is 129 Å². The summed E-state index contributed by atoms with van der Waals surface area (Å²) in [6, 6.07) is 5.06. The second kappa shape index (κ2) is 33.3. The van der Waals surface area contributed by atoms with Crippen molar-refractivity contribution >= 4 is 69.7 Å². The van der Waals surface area contributed by atoms with Crippen LogP contribution in [0.3, 0.4) is 0 Å². The van der Waals surface area contributed by atoms with E-state index < -0.39 is 109 Å². The van der Waals surface area contributed by atoms with Crippen LogP contribution in [-0.4, -0.2) is 159 Å². The molecule has 2 fully saturated rings. The third kappa shape index (κ3) is 20.6. The van der Waals surface area contributed by atoms with Gasteiger partial charge in [0.05, 0.1) is 31.4 Å². The molecule has 0 bridgehead atoms. The number of phenolic OH excluding ortho intramolecular Hbond substituents is 1. The lowest BCUT2D eigenvalue weighted by Crippen LogP contribution is -2.60. The third-order valence-corrected chi connectivity index (χ3v) is 16.1. The van der Waals surface area contributed by atoms with Crippen molar-refractivity contribution in [3.63, 3.8) is 0 Å². The molecule has 3 aliphatic heterocycles. The molecule has 0 spiro atoms. The number of nitrogens with zero attached hydrogens (tertiary/aromatic N) is 2. The minimum Gasteiger partial charge on any atom is -0.508 e. The molecule has 25 heteroatoms. The highest BCUT2D eigenvalue weighted by atomic mass is 16.3. The van der Waals surface area contributed by atoms with E-state index in [-0.39, 0.29) is 98.9 Å². The zero-order valence-corrected chi connectivity index (χ0v) is 50.7. The predicted octanol–water partition coefficient (Wildman–Crippen LogP) is 1.18. The predicted molar refractivity (Wildman–Crippen MR) is 326 cm³/mol. The van der Waals surface area contributed by atoms with Gasteiger partial charge in [0, 0.05) is 92.4 Å². The van der Waals surface area contributed by atoms with Crippen molar-refractivity contribution in [2.75, 3.05) is 26.4 Å². The van der Waals surface area contributed by atoms with E-state index in [0.717, 1.165) is 10.9 Å². The number of likely N-dealkylation sites (tertiary alicyclic amines) is 1. The number of aromatic hydroxyl groups is 1. The number of aliphatic hydroxyl groups is 2. The van der Waals surface area contributed by atoms with Crippen LogP contribution in [0.2, 0.25) is 0 Å². The second-order valence-corrected chi connectivity index (χ2v) is 24.0. The van der Waals surface area contributed by atoms with Crippen LogP contribution < -0.4 is 54.0 Å². The Morgan fingerprint density at radius 3 is 2.07 bits per heavy atom. The highest BCUT2D eigenvalue weighted by molar-refractivity contribution is 5.99. The van der Waals surface area contributed by atoms with Gasteiger partial charge in [0.25, 0.3) is 0 Å². The molecule has 6 rings (SSSR count). The van der Waals surface area contributed by atoms with Crippen LogP contribution in [-0.2, 0) is 56.0 Å². The van der Waals surface area contributed by atoms with E-state index >= 15 is 0 Å². The summed E-state index contributed by atoms with van der Waals surface area (Å²) in [7, 11) is 0. The summed E-state index contributed by atoms with van der Waals surface area (Å²) >= 11 is 0. The van der Waals surface area contributed by atoms with Gasteiger partial charge in [-0.05, 0) is 98.9 Å². The number of Topliss-reactive ketones (excluding diaryl/α,β-unsaturated/α-hetero) is 3. The van der Waals surface area contributed by atoms with Gasteiger partial charge < -0.3 is 74.3 Å². The monoisotopic (exact) mass is 1210 g/mol. The average Bonchev–Trinajstić information content (AvgIpc) is 3.53. The van der Waals surface area contributed by atoms with E-state index in [1.54, 1.807) is 35.5 Å². The average molecular weight is 1210 g/mol. The zero-order chi connectivity index (χ0) is 63.3. The third-order valence-electron chi connectivity index (χ3n) is 16.1. The first-order valence-electron chi connectivity index (χ1n) is 30.5. The van der Waals surface area contributed by atoms with Crippen molar-refractivity contribution in [1.29, 1.82) is 0 Å². The lowest BCUT2D eigenvalue weighted by Gasteiger charge is -2.34. The number of phenols is 1. The van der Waals surface area contributed by atoms with E-state index in [2.05, 4.69) is 52.5 Å². The first-order valence-corrected chi connectivity index (χ1v) is 30.5. The highest BCUT2D eigenvalue weighted by Crippen LogP contribution is 2.30. The number of hydrogen-bond donors (Lipinski definition) is 14. The van der Waals surface area contributed by atoms with Gasteiger partial charge in [-0.25, -0.2) is 0 Å². The summed E-state index contributed by atoms with van der Waals surface area (Å²) in [6.45, 7) is 9.60. The molecule has 2 aromatic carbocycles. The number of benzene rings is 2. The largest absolute Gasteiger partial charge is 0.508 e. The number of nitrogens with one attached hydrogen (secondary N) is 9. The number of nitrogens with two attached hydrogens (primary N) is 2. The Morgan fingerprint density at radius 2 is 1.43 bits per heavy atom. The van der Waals surface area contributed by atoms with E-state index in [1.807, 2.05) is 52.8 Å². The Balaban J connectivity index is 1.22. The number of guanidine groups is 1. The van der Waals surface area contributed by atoms with Crippen molar-refractivity contribution in [1.82, 2.24) is 52.4 Å². The molecule has 2 saturated heterocycles. The van der Waals surface area contributed by atoms with Gasteiger partial charge in [-0.2, -0.15) is 0 Å². The molecule has 1 aromatic heterocycles. The van der Waals surface area contributed by atoms with Gasteiger partial charge >= 0.3 is 0 Å². The summed E-state index contributed by atoms with van der Waals surface area (Å²) in [6.07, 6.45) is 5.16. The number of para-hydroxylation sites is 1. The summed E-state index contributed by atoms with van der Waals surface area (Å²) in [5.74, 6) is -7.07. The van der Waals surface area contributed by atoms with E-state index in [4.69, 9.17) is 11.5 Å². The van der Waals surface area contributed by atoms with E-state index in [9.17, 15) is 58.5 Å². The van der Waals surface area contributed by atoms with Crippen LogP contribution >= 0.6 is 0 Å². The van der Waals surface area contributed by atoms with Crippen molar-refractivity contribution in [2.45, 2.75) is 179 Å². The molecule has 3 aliphatic rings. The lowest BCUT2D eigenvalue weighted by molar-refractivity contribution is -0.136. The lowest BCUT2D eigenvalue weighted by atomic mass is 9.86. The molecule has 6 amide bonds. The van der Waals surface area contributed by atoms with E-state index in [1.165, 1.54) is 12.1 Å². The molecule has 0 aliphatic carbocycles. The fraction of sp³-hybridized carbons (Fsp3) is 0.581. The van der Waals surface area contributed by atoms with Gasteiger partial charge in [0.15, 0.2) is 17.5 Å². The van der Waals surface area contributed by atoms with Crippen molar-refractivity contribution < 1.29 is 58.5 Å². The number of aromatic amines is 1. The number of fused-ring (bicyclic) bond motifs is 1. The van der Waals surface area contributed by atoms with Gasteiger partial charge in [-0.15, -0.1) is 0 Å². The van der Waals surface area contributed by atoms with Crippen molar-refractivity contribution in [3.8, 4) is 5.75 Å². The van der Waals surface area contributed by atoms with Gasteiger partial charge in [-0.1, -0.05) is 65.0 Å². The number of aliphatic imine (C=N–C) groups is 1. The Morgan fingerprint density at radius 1 is 0.770 bits per heavy atom. The fourth-order valence-electron chi connectivity index (χ4n) is 11.6. The zero-order valence-electron chi connectivity index (χ0n) is 50.7. The molecule has 25 nitrogen and oxygen atoms in total. The van der Waals surface area contributed by atoms with Gasteiger partial charge in [0.2, 0.25) is 35.4 Å².